The first-order valence-corrected chi connectivity index (χ1v) is 12.9. The molecule has 1 saturated heterocycles. The maximum absolute atomic E-state index is 12.8. The zero-order valence-corrected chi connectivity index (χ0v) is 22.1. The average Bonchev–Trinajstić information content (AvgIpc) is 3.51. The van der Waals surface area contributed by atoms with Gasteiger partial charge in [0, 0.05) is 35.4 Å². The van der Waals surface area contributed by atoms with Crippen molar-refractivity contribution < 1.29 is 9.21 Å². The summed E-state index contributed by atoms with van der Waals surface area (Å²) in [7, 11) is 0. The van der Waals surface area contributed by atoms with Crippen molar-refractivity contribution in [1.29, 1.82) is 0 Å². The molecule has 0 saturated carbocycles. The number of nitrogens with zero attached hydrogens (tertiary/aromatic N) is 2. The van der Waals surface area contributed by atoms with Gasteiger partial charge in [-0.05, 0) is 73.6 Å². The smallest absolute Gasteiger partial charge is 0.226 e. The van der Waals surface area contributed by atoms with Gasteiger partial charge in [-0.15, -0.1) is 0 Å². The molecular weight excluding hydrogens is 504 g/mol. The van der Waals surface area contributed by atoms with Crippen LogP contribution in [0.5, 0.6) is 0 Å². The van der Waals surface area contributed by atoms with Crippen LogP contribution in [0, 0.1) is 13.8 Å². The van der Waals surface area contributed by atoms with E-state index in [1.54, 1.807) is 6.20 Å². The average molecular weight is 531 g/mol. The summed E-state index contributed by atoms with van der Waals surface area (Å²) in [5.41, 5.74) is 4.58. The highest BCUT2D eigenvalue weighted by molar-refractivity contribution is 7.80. The largest absolute Gasteiger partial charge is 0.459 e. The van der Waals surface area contributed by atoms with Crippen LogP contribution >= 0.6 is 23.8 Å². The van der Waals surface area contributed by atoms with E-state index in [-0.39, 0.29) is 24.4 Å². The van der Waals surface area contributed by atoms with Gasteiger partial charge in [0.2, 0.25) is 5.91 Å². The van der Waals surface area contributed by atoms with E-state index in [9.17, 15) is 4.79 Å². The third-order valence-electron chi connectivity index (χ3n) is 6.57. The molecule has 3 heterocycles. The van der Waals surface area contributed by atoms with Crippen LogP contribution in [0.15, 0.2) is 83.4 Å². The molecule has 1 aliphatic rings. The molecule has 188 valence electrons. The number of pyridine rings is 1. The number of benzene rings is 2. The molecule has 1 fully saturated rings. The van der Waals surface area contributed by atoms with Crippen molar-refractivity contribution in [2.45, 2.75) is 32.4 Å². The number of amides is 1. The van der Waals surface area contributed by atoms with Crippen LogP contribution in [-0.4, -0.2) is 27.4 Å². The number of aryl methyl sites for hydroxylation is 2. The lowest BCUT2D eigenvalue weighted by molar-refractivity contribution is -0.116. The quantitative estimate of drug-likeness (QED) is 0.262. The summed E-state index contributed by atoms with van der Waals surface area (Å²) >= 11 is 12.1. The fourth-order valence-corrected chi connectivity index (χ4v) is 5.03. The van der Waals surface area contributed by atoms with Crippen LogP contribution in [0.1, 0.15) is 41.1 Å². The Balaban J connectivity index is 1.41. The van der Waals surface area contributed by atoms with E-state index in [0.717, 1.165) is 33.8 Å². The lowest BCUT2D eigenvalue weighted by atomic mass is 10.0. The predicted molar refractivity (Wildman–Crippen MR) is 150 cm³/mol. The molecule has 0 bridgehead atoms. The minimum Gasteiger partial charge on any atom is -0.459 e. The lowest BCUT2D eigenvalue weighted by Crippen LogP contribution is -2.32. The van der Waals surface area contributed by atoms with Crippen LogP contribution in [-0.2, 0) is 4.79 Å². The monoisotopic (exact) mass is 530 g/mol. The van der Waals surface area contributed by atoms with E-state index in [2.05, 4.69) is 15.6 Å². The van der Waals surface area contributed by atoms with Gasteiger partial charge in [-0.25, -0.2) is 0 Å². The predicted octanol–water partition coefficient (Wildman–Crippen LogP) is 6.61. The third kappa shape index (κ3) is 5.38. The van der Waals surface area contributed by atoms with Crippen LogP contribution in [0.25, 0.3) is 11.3 Å². The van der Waals surface area contributed by atoms with E-state index in [1.807, 2.05) is 91.5 Å². The summed E-state index contributed by atoms with van der Waals surface area (Å²) in [6, 6.07) is 22.8. The highest BCUT2D eigenvalue weighted by atomic mass is 35.5. The Bertz CT molecular complexity index is 1440. The third-order valence-corrected chi connectivity index (χ3v) is 7.33. The van der Waals surface area contributed by atoms with Crippen LogP contribution < -0.4 is 10.6 Å². The molecule has 2 aromatic carbocycles. The van der Waals surface area contributed by atoms with Gasteiger partial charge in [0.1, 0.15) is 17.6 Å². The normalized spacial score (nSPS) is 17.1. The Labute approximate surface area is 226 Å². The van der Waals surface area contributed by atoms with Gasteiger partial charge in [0.25, 0.3) is 0 Å². The molecule has 1 aliphatic heterocycles. The molecule has 1 amide bonds. The van der Waals surface area contributed by atoms with Crippen molar-refractivity contribution in [2.75, 3.05) is 11.9 Å². The molecule has 8 heteroatoms. The minimum atomic E-state index is -0.275. The first kappa shape index (κ1) is 25.0. The molecule has 0 aliphatic carbocycles. The van der Waals surface area contributed by atoms with Crippen LogP contribution in [0.2, 0.25) is 5.02 Å². The van der Waals surface area contributed by atoms with Gasteiger partial charge < -0.3 is 20.0 Å². The molecule has 0 spiro atoms. The van der Waals surface area contributed by atoms with Gasteiger partial charge in [-0.3, -0.25) is 9.78 Å². The minimum absolute atomic E-state index is 0.0773. The SMILES string of the molecule is Cc1ccc(-c2ccc([C@H]3[C@@H](c4ccccn4)NC(=S)N3CCC(=O)Nc3ccccc3C)o2)cc1Cl. The molecule has 2 aromatic heterocycles. The Hall–Kier alpha value is -3.68. The van der Waals surface area contributed by atoms with E-state index in [1.165, 1.54) is 0 Å². The molecule has 0 unspecified atom stereocenters. The number of rotatable bonds is 7. The van der Waals surface area contributed by atoms with E-state index in [0.29, 0.717) is 22.4 Å². The maximum Gasteiger partial charge on any atom is 0.226 e. The van der Waals surface area contributed by atoms with Gasteiger partial charge in [0.15, 0.2) is 5.11 Å². The highest BCUT2D eigenvalue weighted by Crippen LogP contribution is 2.40. The van der Waals surface area contributed by atoms with Gasteiger partial charge in [0.05, 0.1) is 11.7 Å². The van der Waals surface area contributed by atoms with Crippen molar-refractivity contribution in [3.8, 4) is 11.3 Å². The van der Waals surface area contributed by atoms with Gasteiger partial charge in [-0.2, -0.15) is 0 Å². The second-order valence-corrected chi connectivity index (χ2v) is 9.89. The van der Waals surface area contributed by atoms with Crippen molar-refractivity contribution in [3.05, 3.63) is 107 Å². The van der Waals surface area contributed by atoms with E-state index >= 15 is 0 Å². The van der Waals surface area contributed by atoms with Crippen molar-refractivity contribution in [2.24, 2.45) is 0 Å². The van der Waals surface area contributed by atoms with Crippen molar-refractivity contribution >= 4 is 40.5 Å². The van der Waals surface area contributed by atoms with Crippen LogP contribution in [0.4, 0.5) is 5.69 Å². The fraction of sp³-hybridized carbons (Fsp3) is 0.207. The Morgan fingerprint density at radius 1 is 1.08 bits per heavy atom. The zero-order valence-electron chi connectivity index (χ0n) is 20.6. The van der Waals surface area contributed by atoms with Gasteiger partial charge >= 0.3 is 0 Å². The highest BCUT2D eigenvalue weighted by Gasteiger charge is 2.41. The Kier molecular flexibility index (Phi) is 7.26. The standard InChI is InChI=1S/C29H27ClN4O2S/c1-18-10-11-20(17-21(18)30)24-12-13-25(36-24)28-27(23-9-5-6-15-31-23)33-29(37)34(28)16-14-26(35)32-22-8-4-3-7-19(22)2/h3-13,15,17,27-28H,14,16H2,1-2H3,(H,32,35)(H,33,37)/t27-,28+/m1/s1. The molecule has 2 atom stereocenters. The first-order chi connectivity index (χ1) is 17.9. The Morgan fingerprint density at radius 2 is 1.89 bits per heavy atom. The number of carbonyl (C=O) groups is 1. The summed E-state index contributed by atoms with van der Waals surface area (Å²) in [4.78, 5) is 19.4. The molecule has 0 radical (unpaired) electrons. The number of thiocarbonyl (C=S) groups is 1. The van der Waals surface area contributed by atoms with Crippen molar-refractivity contribution in [3.63, 3.8) is 0 Å². The number of nitrogens with one attached hydrogen (secondary N) is 2. The second kappa shape index (κ2) is 10.7. The van der Waals surface area contributed by atoms with Crippen molar-refractivity contribution in [1.82, 2.24) is 15.2 Å². The number of hydrogen-bond donors (Lipinski definition) is 2. The van der Waals surface area contributed by atoms with E-state index in [4.69, 9.17) is 28.2 Å². The number of para-hydroxylation sites is 1. The van der Waals surface area contributed by atoms with E-state index < -0.39 is 0 Å². The number of anilines is 1. The molecular formula is C29H27ClN4O2S. The molecule has 5 rings (SSSR count). The topological polar surface area (TPSA) is 70.4 Å². The summed E-state index contributed by atoms with van der Waals surface area (Å²) in [6.45, 7) is 4.36. The number of halogens is 1. The number of hydrogen-bond acceptors (Lipinski definition) is 4. The lowest BCUT2D eigenvalue weighted by Gasteiger charge is -2.26. The van der Waals surface area contributed by atoms with Crippen LogP contribution in [0.3, 0.4) is 0 Å². The number of carbonyl (C=O) groups excluding carboxylic acids is 1. The number of aromatic nitrogens is 1. The number of furan rings is 1. The molecule has 2 N–H and O–H groups in total. The summed E-state index contributed by atoms with van der Waals surface area (Å²) in [5, 5.41) is 7.65. The molecule has 37 heavy (non-hydrogen) atoms. The first-order valence-electron chi connectivity index (χ1n) is 12.1. The Morgan fingerprint density at radius 3 is 2.65 bits per heavy atom. The summed E-state index contributed by atoms with van der Waals surface area (Å²) in [5.74, 6) is 1.37. The second-order valence-electron chi connectivity index (χ2n) is 9.10. The summed E-state index contributed by atoms with van der Waals surface area (Å²) < 4.78 is 6.37. The molecule has 4 aromatic rings. The maximum atomic E-state index is 12.8. The van der Waals surface area contributed by atoms with Gasteiger partial charge in [-0.1, -0.05) is 48.0 Å². The fourth-order valence-electron chi connectivity index (χ4n) is 4.52. The summed E-state index contributed by atoms with van der Waals surface area (Å²) in [6.07, 6.45) is 2.03. The molecule has 6 nitrogen and oxygen atoms in total. The zero-order chi connectivity index (χ0) is 25.9.